The van der Waals surface area contributed by atoms with E-state index in [1.165, 1.54) is 0 Å². The topological polar surface area (TPSA) is 44.8 Å². The van der Waals surface area contributed by atoms with Crippen molar-refractivity contribution in [2.45, 2.75) is 33.3 Å². The molecule has 0 bridgehead atoms. The van der Waals surface area contributed by atoms with Crippen LogP contribution in [0.5, 0.6) is 5.75 Å². The predicted octanol–water partition coefficient (Wildman–Crippen LogP) is 3.50. The summed E-state index contributed by atoms with van der Waals surface area (Å²) < 4.78 is 15.6. The van der Waals surface area contributed by atoms with Crippen molar-refractivity contribution < 1.29 is 19.0 Å². The molecule has 21 heavy (non-hydrogen) atoms. The minimum Gasteiger partial charge on any atom is -0.497 e. The first-order valence-electron chi connectivity index (χ1n) is 7.20. The number of benzene rings is 1. The molecule has 0 amide bonds. The summed E-state index contributed by atoms with van der Waals surface area (Å²) in [6.45, 7) is 5.40. The van der Waals surface area contributed by atoms with Crippen molar-refractivity contribution in [1.82, 2.24) is 0 Å². The van der Waals surface area contributed by atoms with E-state index in [0.717, 1.165) is 29.7 Å². The van der Waals surface area contributed by atoms with Gasteiger partial charge in [0.05, 0.1) is 20.3 Å². The van der Waals surface area contributed by atoms with E-state index in [2.05, 4.69) is 0 Å². The quantitative estimate of drug-likeness (QED) is 0.397. The van der Waals surface area contributed by atoms with E-state index in [1.54, 1.807) is 20.1 Å². The lowest BCUT2D eigenvalue weighted by atomic mass is 10.1. The Hall–Kier alpha value is -1.81. The number of rotatable bonds is 9. The van der Waals surface area contributed by atoms with Gasteiger partial charge in [0.15, 0.2) is 0 Å². The maximum Gasteiger partial charge on any atom is 0.330 e. The summed E-state index contributed by atoms with van der Waals surface area (Å²) in [7, 11) is 1.65. The fraction of sp³-hybridized carbons (Fsp3) is 0.471. The molecule has 0 aliphatic heterocycles. The first-order valence-corrected chi connectivity index (χ1v) is 7.20. The zero-order chi connectivity index (χ0) is 15.5. The van der Waals surface area contributed by atoms with Crippen LogP contribution in [-0.4, -0.2) is 26.3 Å². The largest absolute Gasteiger partial charge is 0.497 e. The Morgan fingerprint density at radius 1 is 1.24 bits per heavy atom. The van der Waals surface area contributed by atoms with Gasteiger partial charge in [0.1, 0.15) is 5.75 Å². The highest BCUT2D eigenvalue weighted by Crippen LogP contribution is 2.12. The zero-order valence-electron chi connectivity index (χ0n) is 13.1. The number of methoxy groups -OCH3 is 1. The molecule has 116 valence electrons. The fourth-order valence-electron chi connectivity index (χ4n) is 1.82. The fourth-order valence-corrected chi connectivity index (χ4v) is 1.82. The van der Waals surface area contributed by atoms with Crippen molar-refractivity contribution in [2.75, 3.05) is 20.3 Å². The molecule has 0 aliphatic rings. The van der Waals surface area contributed by atoms with Crippen LogP contribution in [0, 0.1) is 0 Å². The van der Waals surface area contributed by atoms with E-state index in [0.29, 0.717) is 19.8 Å². The Kier molecular flexibility index (Phi) is 8.21. The number of carbonyl (C=O) groups is 1. The van der Waals surface area contributed by atoms with E-state index in [-0.39, 0.29) is 5.97 Å². The minimum atomic E-state index is -0.269. The Balaban J connectivity index is 2.17. The highest BCUT2D eigenvalue weighted by Gasteiger charge is 1.99. The first-order chi connectivity index (χ1) is 10.2. The highest BCUT2D eigenvalue weighted by molar-refractivity contribution is 5.82. The number of hydrogen-bond donors (Lipinski definition) is 0. The minimum absolute atomic E-state index is 0.269. The molecule has 0 spiro atoms. The van der Waals surface area contributed by atoms with Crippen LogP contribution in [0.1, 0.15) is 32.3 Å². The van der Waals surface area contributed by atoms with Gasteiger partial charge >= 0.3 is 5.97 Å². The van der Waals surface area contributed by atoms with Gasteiger partial charge in [0.2, 0.25) is 0 Å². The molecule has 1 aromatic carbocycles. The lowest BCUT2D eigenvalue weighted by molar-refractivity contribution is -0.137. The molecule has 4 heteroatoms. The molecule has 0 atom stereocenters. The summed E-state index contributed by atoms with van der Waals surface area (Å²) in [5.74, 6) is 0.577. The van der Waals surface area contributed by atoms with Gasteiger partial charge in [-0.2, -0.15) is 0 Å². The monoisotopic (exact) mass is 292 g/mol. The van der Waals surface area contributed by atoms with Crippen molar-refractivity contribution in [2.24, 2.45) is 0 Å². The SMILES string of the molecule is CCOC(=O)/C=C(\C)CCCOCc1ccc(OC)cc1. The molecule has 0 aliphatic carbocycles. The van der Waals surface area contributed by atoms with Gasteiger partial charge in [0.25, 0.3) is 0 Å². The Bertz CT molecular complexity index is 448. The van der Waals surface area contributed by atoms with Crippen LogP contribution in [0.3, 0.4) is 0 Å². The van der Waals surface area contributed by atoms with Crippen LogP contribution in [0.25, 0.3) is 0 Å². The third kappa shape index (κ3) is 7.51. The maximum absolute atomic E-state index is 11.2. The van der Waals surface area contributed by atoms with Crippen molar-refractivity contribution >= 4 is 5.97 Å². The number of hydrogen-bond acceptors (Lipinski definition) is 4. The zero-order valence-corrected chi connectivity index (χ0v) is 13.1. The van der Waals surface area contributed by atoms with Gasteiger partial charge in [-0.25, -0.2) is 4.79 Å². The van der Waals surface area contributed by atoms with Crippen LogP contribution in [0.4, 0.5) is 0 Å². The predicted molar refractivity (Wildman–Crippen MR) is 82.3 cm³/mol. The molecule has 0 fully saturated rings. The molecular formula is C17H24O4. The first kappa shape index (κ1) is 17.2. The van der Waals surface area contributed by atoms with Crippen LogP contribution in [0.2, 0.25) is 0 Å². The highest BCUT2D eigenvalue weighted by atomic mass is 16.5. The molecule has 0 N–H and O–H groups in total. The second kappa shape index (κ2) is 10.00. The maximum atomic E-state index is 11.2. The van der Waals surface area contributed by atoms with Crippen molar-refractivity contribution in [1.29, 1.82) is 0 Å². The molecule has 0 unspecified atom stereocenters. The number of ether oxygens (including phenoxy) is 3. The molecule has 0 heterocycles. The van der Waals surface area contributed by atoms with Gasteiger partial charge in [-0.15, -0.1) is 0 Å². The van der Waals surface area contributed by atoms with Crippen molar-refractivity contribution in [3.8, 4) is 5.75 Å². The van der Waals surface area contributed by atoms with Crippen LogP contribution >= 0.6 is 0 Å². The Morgan fingerprint density at radius 3 is 2.57 bits per heavy atom. The molecule has 0 aromatic heterocycles. The number of carbonyl (C=O) groups excluding carboxylic acids is 1. The van der Waals surface area contributed by atoms with Crippen LogP contribution in [0.15, 0.2) is 35.9 Å². The van der Waals surface area contributed by atoms with Crippen LogP contribution in [-0.2, 0) is 20.9 Å². The summed E-state index contributed by atoms with van der Waals surface area (Å²) in [5.41, 5.74) is 2.14. The van der Waals surface area contributed by atoms with Gasteiger partial charge in [-0.05, 0) is 44.4 Å². The van der Waals surface area contributed by atoms with E-state index in [1.807, 2.05) is 31.2 Å². The summed E-state index contributed by atoms with van der Waals surface area (Å²) in [6.07, 6.45) is 3.27. The van der Waals surface area contributed by atoms with E-state index >= 15 is 0 Å². The molecule has 1 rings (SSSR count). The molecule has 0 saturated carbocycles. The number of allylic oxidation sites excluding steroid dienone is 1. The van der Waals surface area contributed by atoms with Gasteiger partial charge in [-0.1, -0.05) is 17.7 Å². The normalized spacial score (nSPS) is 11.3. The van der Waals surface area contributed by atoms with E-state index < -0.39 is 0 Å². The average molecular weight is 292 g/mol. The third-order valence-electron chi connectivity index (χ3n) is 2.94. The second-order valence-electron chi connectivity index (χ2n) is 4.75. The average Bonchev–Trinajstić information content (AvgIpc) is 2.47. The molecule has 0 saturated heterocycles. The summed E-state index contributed by atoms with van der Waals surface area (Å²) in [4.78, 5) is 11.2. The third-order valence-corrected chi connectivity index (χ3v) is 2.94. The summed E-state index contributed by atoms with van der Waals surface area (Å²) in [6, 6.07) is 7.82. The Morgan fingerprint density at radius 2 is 1.95 bits per heavy atom. The van der Waals surface area contributed by atoms with Gasteiger partial charge < -0.3 is 14.2 Å². The summed E-state index contributed by atoms with van der Waals surface area (Å²) in [5, 5.41) is 0. The molecular weight excluding hydrogens is 268 g/mol. The van der Waals surface area contributed by atoms with Gasteiger partial charge in [-0.3, -0.25) is 0 Å². The molecule has 1 aromatic rings. The lowest BCUT2D eigenvalue weighted by Crippen LogP contribution is -2.01. The smallest absolute Gasteiger partial charge is 0.330 e. The van der Waals surface area contributed by atoms with Crippen molar-refractivity contribution in [3.05, 3.63) is 41.5 Å². The van der Waals surface area contributed by atoms with Crippen LogP contribution < -0.4 is 4.74 Å². The van der Waals surface area contributed by atoms with E-state index in [9.17, 15) is 4.79 Å². The lowest BCUT2D eigenvalue weighted by Gasteiger charge is -2.06. The summed E-state index contributed by atoms with van der Waals surface area (Å²) >= 11 is 0. The number of esters is 1. The van der Waals surface area contributed by atoms with Gasteiger partial charge in [0, 0.05) is 12.7 Å². The second-order valence-corrected chi connectivity index (χ2v) is 4.75. The van der Waals surface area contributed by atoms with E-state index in [4.69, 9.17) is 14.2 Å². The molecule has 4 nitrogen and oxygen atoms in total. The molecule has 0 radical (unpaired) electrons. The Labute approximate surface area is 126 Å². The van der Waals surface area contributed by atoms with Crippen molar-refractivity contribution in [3.63, 3.8) is 0 Å². The standard InChI is InChI=1S/C17H24O4/c1-4-21-17(18)12-14(2)6-5-11-20-13-15-7-9-16(19-3)10-8-15/h7-10,12H,4-6,11,13H2,1-3H3/b14-12+.